The van der Waals surface area contributed by atoms with Crippen LogP contribution in [0.15, 0.2) is 0 Å². The number of hydrogen-bond acceptors (Lipinski definition) is 3. The predicted molar refractivity (Wildman–Crippen MR) is 64.7 cm³/mol. The molecule has 17 heavy (non-hydrogen) atoms. The first-order valence-electron chi connectivity index (χ1n) is 6.39. The second kappa shape index (κ2) is 7.27. The van der Waals surface area contributed by atoms with Crippen LogP contribution in [0.4, 0.5) is 0 Å². The number of aliphatic carboxylic acids is 1. The number of amides is 1. The Hall–Kier alpha value is -1.10. The fraction of sp³-hybridized carbons (Fsp3) is 0.833. The van der Waals surface area contributed by atoms with E-state index < -0.39 is 12.0 Å². The molecule has 1 heterocycles. The first-order chi connectivity index (χ1) is 8.13. The highest BCUT2D eigenvalue weighted by molar-refractivity contribution is 5.83. The molecule has 2 atom stereocenters. The van der Waals surface area contributed by atoms with Crippen LogP contribution in [0.25, 0.3) is 0 Å². The number of carbonyl (C=O) groups is 2. The molecule has 1 fully saturated rings. The van der Waals surface area contributed by atoms with Crippen molar-refractivity contribution < 1.29 is 14.7 Å². The summed E-state index contributed by atoms with van der Waals surface area (Å²) in [6.45, 7) is 2.96. The van der Waals surface area contributed by atoms with Crippen LogP contribution in [0.2, 0.25) is 0 Å². The second-order valence-corrected chi connectivity index (χ2v) is 4.60. The first-order valence-corrected chi connectivity index (χ1v) is 6.39. The summed E-state index contributed by atoms with van der Waals surface area (Å²) in [5.41, 5.74) is 0. The van der Waals surface area contributed by atoms with Crippen LogP contribution < -0.4 is 10.6 Å². The molecule has 5 heteroatoms. The largest absolute Gasteiger partial charge is 0.480 e. The SMILES string of the molecule is CCCCC(NC(=O)CC1CCCN1)C(=O)O. The summed E-state index contributed by atoms with van der Waals surface area (Å²) >= 11 is 0. The molecule has 0 aromatic heterocycles. The van der Waals surface area contributed by atoms with E-state index in [1.807, 2.05) is 6.92 Å². The van der Waals surface area contributed by atoms with E-state index in [-0.39, 0.29) is 11.9 Å². The summed E-state index contributed by atoms with van der Waals surface area (Å²) in [6.07, 6.45) is 4.74. The fourth-order valence-electron chi connectivity index (χ4n) is 2.07. The van der Waals surface area contributed by atoms with Crippen molar-refractivity contribution in [3.8, 4) is 0 Å². The summed E-state index contributed by atoms with van der Waals surface area (Å²) in [6, 6.07) is -0.514. The van der Waals surface area contributed by atoms with Crippen LogP contribution in [0.5, 0.6) is 0 Å². The number of hydrogen-bond donors (Lipinski definition) is 3. The zero-order valence-electron chi connectivity index (χ0n) is 10.4. The highest BCUT2D eigenvalue weighted by Gasteiger charge is 2.22. The van der Waals surface area contributed by atoms with Crippen molar-refractivity contribution >= 4 is 11.9 Å². The Morgan fingerprint density at radius 2 is 2.29 bits per heavy atom. The van der Waals surface area contributed by atoms with E-state index in [1.165, 1.54) is 0 Å². The highest BCUT2D eigenvalue weighted by Crippen LogP contribution is 2.09. The Morgan fingerprint density at radius 1 is 1.53 bits per heavy atom. The Bertz CT molecular complexity index is 262. The molecule has 0 saturated carbocycles. The molecule has 0 bridgehead atoms. The van der Waals surface area contributed by atoms with Crippen molar-refractivity contribution in [2.45, 2.75) is 57.5 Å². The molecule has 0 aromatic carbocycles. The monoisotopic (exact) mass is 242 g/mol. The topological polar surface area (TPSA) is 78.4 Å². The molecule has 98 valence electrons. The number of carbonyl (C=O) groups excluding carboxylic acids is 1. The lowest BCUT2D eigenvalue weighted by Gasteiger charge is -2.16. The van der Waals surface area contributed by atoms with E-state index in [2.05, 4.69) is 10.6 Å². The number of carboxylic acids is 1. The Balaban J connectivity index is 2.32. The van der Waals surface area contributed by atoms with E-state index in [0.717, 1.165) is 32.2 Å². The predicted octanol–water partition coefficient (Wildman–Crippen LogP) is 0.888. The van der Waals surface area contributed by atoms with Gasteiger partial charge in [0.25, 0.3) is 0 Å². The van der Waals surface area contributed by atoms with Gasteiger partial charge in [-0.1, -0.05) is 19.8 Å². The number of carboxylic acid groups (broad SMARTS) is 1. The third-order valence-electron chi connectivity index (χ3n) is 3.07. The molecule has 1 aliphatic heterocycles. The van der Waals surface area contributed by atoms with Crippen LogP contribution in [0, 0.1) is 0 Å². The van der Waals surface area contributed by atoms with E-state index in [1.54, 1.807) is 0 Å². The zero-order valence-corrected chi connectivity index (χ0v) is 10.4. The van der Waals surface area contributed by atoms with Crippen LogP contribution in [-0.4, -0.2) is 35.6 Å². The molecule has 1 rings (SSSR count). The highest BCUT2D eigenvalue weighted by atomic mass is 16.4. The van der Waals surface area contributed by atoms with Gasteiger partial charge in [0.2, 0.25) is 5.91 Å². The Kier molecular flexibility index (Phi) is 5.97. The summed E-state index contributed by atoms with van der Waals surface area (Å²) in [7, 11) is 0. The molecule has 0 aromatic rings. The van der Waals surface area contributed by atoms with Crippen molar-refractivity contribution in [3.63, 3.8) is 0 Å². The van der Waals surface area contributed by atoms with Gasteiger partial charge in [-0.3, -0.25) is 4.79 Å². The van der Waals surface area contributed by atoms with Gasteiger partial charge < -0.3 is 15.7 Å². The first kappa shape index (κ1) is 14.0. The molecule has 0 aliphatic carbocycles. The maximum atomic E-state index is 11.7. The molecule has 5 nitrogen and oxygen atoms in total. The van der Waals surface area contributed by atoms with Gasteiger partial charge in [-0.05, 0) is 25.8 Å². The maximum absolute atomic E-state index is 11.7. The molecule has 1 saturated heterocycles. The van der Waals surface area contributed by atoms with E-state index in [9.17, 15) is 9.59 Å². The van der Waals surface area contributed by atoms with Crippen molar-refractivity contribution in [1.29, 1.82) is 0 Å². The summed E-state index contributed by atoms with van der Waals surface area (Å²) in [5.74, 6) is -1.10. The molecule has 0 radical (unpaired) electrons. The van der Waals surface area contributed by atoms with E-state index in [4.69, 9.17) is 5.11 Å². The minimum absolute atomic E-state index is 0.159. The standard InChI is InChI=1S/C12H22N2O3/c1-2-3-6-10(12(16)17)14-11(15)8-9-5-4-7-13-9/h9-10,13H,2-8H2,1H3,(H,14,15)(H,16,17). The van der Waals surface area contributed by atoms with E-state index >= 15 is 0 Å². The summed E-state index contributed by atoms with van der Waals surface area (Å²) in [5, 5.41) is 14.8. The summed E-state index contributed by atoms with van der Waals surface area (Å²) in [4.78, 5) is 22.6. The molecule has 2 unspecified atom stereocenters. The second-order valence-electron chi connectivity index (χ2n) is 4.60. The molecule has 1 aliphatic rings. The van der Waals surface area contributed by atoms with Gasteiger partial charge >= 0.3 is 5.97 Å². The van der Waals surface area contributed by atoms with Crippen molar-refractivity contribution in [2.24, 2.45) is 0 Å². The van der Waals surface area contributed by atoms with Gasteiger partial charge in [-0.25, -0.2) is 4.79 Å². The van der Waals surface area contributed by atoms with Crippen molar-refractivity contribution in [2.75, 3.05) is 6.54 Å². The van der Waals surface area contributed by atoms with E-state index in [0.29, 0.717) is 12.8 Å². The van der Waals surface area contributed by atoms with Crippen molar-refractivity contribution in [3.05, 3.63) is 0 Å². The molecular weight excluding hydrogens is 220 g/mol. The van der Waals surface area contributed by atoms with Gasteiger partial charge in [-0.15, -0.1) is 0 Å². The molecular formula is C12H22N2O3. The normalized spacial score (nSPS) is 21.1. The minimum Gasteiger partial charge on any atom is -0.480 e. The lowest BCUT2D eigenvalue weighted by molar-refractivity contribution is -0.142. The summed E-state index contributed by atoms with van der Waals surface area (Å²) < 4.78 is 0. The maximum Gasteiger partial charge on any atom is 0.326 e. The zero-order chi connectivity index (χ0) is 12.7. The molecule has 0 spiro atoms. The minimum atomic E-state index is -0.939. The third-order valence-corrected chi connectivity index (χ3v) is 3.07. The van der Waals surface area contributed by atoms with Crippen LogP contribution in [0.1, 0.15) is 45.4 Å². The van der Waals surface area contributed by atoms with Gasteiger partial charge in [0.05, 0.1) is 0 Å². The Labute approximate surface area is 102 Å². The van der Waals surface area contributed by atoms with Crippen LogP contribution in [-0.2, 0) is 9.59 Å². The van der Waals surface area contributed by atoms with Crippen molar-refractivity contribution in [1.82, 2.24) is 10.6 Å². The average molecular weight is 242 g/mol. The van der Waals surface area contributed by atoms with Crippen LogP contribution >= 0.6 is 0 Å². The lowest BCUT2D eigenvalue weighted by atomic mass is 10.1. The van der Waals surface area contributed by atoms with Gasteiger partial charge in [0.15, 0.2) is 0 Å². The molecule has 1 amide bonds. The molecule has 3 N–H and O–H groups in total. The fourth-order valence-corrected chi connectivity index (χ4v) is 2.07. The number of nitrogens with one attached hydrogen (secondary N) is 2. The third kappa shape index (κ3) is 5.17. The van der Waals surface area contributed by atoms with Crippen LogP contribution in [0.3, 0.4) is 0 Å². The quantitative estimate of drug-likeness (QED) is 0.619. The number of rotatable bonds is 7. The smallest absolute Gasteiger partial charge is 0.326 e. The average Bonchev–Trinajstić information content (AvgIpc) is 2.76. The van der Waals surface area contributed by atoms with Gasteiger partial charge in [0, 0.05) is 12.5 Å². The number of unbranched alkanes of at least 4 members (excludes halogenated alkanes) is 1. The Morgan fingerprint density at radius 3 is 2.82 bits per heavy atom. The van der Waals surface area contributed by atoms with Gasteiger partial charge in [0.1, 0.15) is 6.04 Å². The lowest BCUT2D eigenvalue weighted by Crippen LogP contribution is -2.42. The van der Waals surface area contributed by atoms with Gasteiger partial charge in [-0.2, -0.15) is 0 Å².